The van der Waals surface area contributed by atoms with Crippen LogP contribution in [0.2, 0.25) is 0 Å². The van der Waals surface area contributed by atoms with Gasteiger partial charge in [-0.3, -0.25) is 14.4 Å². The molecule has 10 heteroatoms. The standard InChI is InChI=1S/C25H26F3N3O4/c1-2-3-6-35-22-20-24(34)31-11-14-4-5-25(31,9-14)13-30(20)12-17(21(22)32)23(33)29-10-16-18(27)7-15(26)8-19(16)28/h7-8,12,14H,2-6,9-11,13H2,1H3,(H,29,33)/t14-,25+/m0/s1. The number of unbranched alkanes of at least 4 members (excludes halogenated alkanes) is 1. The van der Waals surface area contributed by atoms with Crippen molar-refractivity contribution in [2.24, 2.45) is 5.92 Å². The molecule has 35 heavy (non-hydrogen) atoms. The number of nitrogens with one attached hydrogen (secondary N) is 1. The predicted octanol–water partition coefficient (Wildman–Crippen LogP) is 3.38. The summed E-state index contributed by atoms with van der Waals surface area (Å²) in [4.78, 5) is 41.6. The number of hydrogen-bond donors (Lipinski definition) is 1. The zero-order chi connectivity index (χ0) is 24.9. The van der Waals surface area contributed by atoms with Crippen molar-refractivity contribution < 1.29 is 27.5 Å². The van der Waals surface area contributed by atoms with Gasteiger partial charge in [-0.2, -0.15) is 0 Å². The van der Waals surface area contributed by atoms with Crippen LogP contribution in [0.25, 0.3) is 0 Å². The number of aromatic nitrogens is 1. The third kappa shape index (κ3) is 3.88. The minimum atomic E-state index is -1.14. The van der Waals surface area contributed by atoms with Gasteiger partial charge < -0.3 is 19.5 Å². The minimum Gasteiger partial charge on any atom is -0.487 e. The number of rotatable bonds is 7. The smallest absolute Gasteiger partial charge is 0.275 e. The first-order chi connectivity index (χ1) is 16.7. The average Bonchev–Trinajstić information content (AvgIpc) is 3.37. The van der Waals surface area contributed by atoms with E-state index in [1.807, 2.05) is 11.8 Å². The van der Waals surface area contributed by atoms with Crippen molar-refractivity contribution in [1.29, 1.82) is 0 Å². The Morgan fingerprint density at radius 3 is 2.66 bits per heavy atom. The van der Waals surface area contributed by atoms with E-state index in [2.05, 4.69) is 5.32 Å². The van der Waals surface area contributed by atoms with Crippen LogP contribution in [-0.2, 0) is 13.1 Å². The number of fused-ring (bicyclic) bond motifs is 2. The Labute approximate surface area is 199 Å². The Morgan fingerprint density at radius 1 is 1.23 bits per heavy atom. The number of ether oxygens (including phenoxy) is 1. The van der Waals surface area contributed by atoms with Crippen molar-refractivity contribution in [2.45, 2.75) is 57.7 Å². The van der Waals surface area contributed by atoms with Crippen molar-refractivity contribution in [3.63, 3.8) is 0 Å². The zero-order valence-corrected chi connectivity index (χ0v) is 19.3. The molecule has 0 radical (unpaired) electrons. The third-order valence-electron chi connectivity index (χ3n) is 7.37. The highest BCUT2D eigenvalue weighted by molar-refractivity contribution is 5.99. The van der Waals surface area contributed by atoms with Crippen LogP contribution in [0.4, 0.5) is 13.2 Å². The van der Waals surface area contributed by atoms with Gasteiger partial charge in [0, 0.05) is 43.5 Å². The molecule has 186 valence electrons. The molecule has 3 heterocycles. The lowest BCUT2D eigenvalue weighted by molar-refractivity contribution is 0.0395. The predicted molar refractivity (Wildman–Crippen MR) is 120 cm³/mol. The van der Waals surface area contributed by atoms with Gasteiger partial charge in [0.15, 0.2) is 11.4 Å². The third-order valence-corrected chi connectivity index (χ3v) is 7.37. The summed E-state index contributed by atoms with van der Waals surface area (Å²) in [6.45, 7) is 2.67. The summed E-state index contributed by atoms with van der Waals surface area (Å²) in [5.74, 6) is -4.25. The van der Waals surface area contributed by atoms with Gasteiger partial charge in [0.2, 0.25) is 5.43 Å². The lowest BCUT2D eigenvalue weighted by Crippen LogP contribution is -2.56. The summed E-state index contributed by atoms with van der Waals surface area (Å²) < 4.78 is 48.6. The monoisotopic (exact) mass is 489 g/mol. The number of piperidine rings is 1. The molecule has 1 N–H and O–H groups in total. The summed E-state index contributed by atoms with van der Waals surface area (Å²) in [5.41, 5.74) is -1.76. The number of pyridine rings is 1. The highest BCUT2D eigenvalue weighted by atomic mass is 19.1. The average molecular weight is 489 g/mol. The Hall–Kier alpha value is -3.30. The number of amides is 2. The molecule has 7 nitrogen and oxygen atoms in total. The van der Waals surface area contributed by atoms with Gasteiger partial charge in [-0.1, -0.05) is 13.3 Å². The summed E-state index contributed by atoms with van der Waals surface area (Å²) in [5, 5.41) is 2.34. The molecule has 1 saturated heterocycles. The minimum absolute atomic E-state index is 0.136. The van der Waals surface area contributed by atoms with Crippen LogP contribution in [0.5, 0.6) is 5.75 Å². The summed E-state index contributed by atoms with van der Waals surface area (Å²) in [6.07, 6.45) is 5.56. The van der Waals surface area contributed by atoms with E-state index in [1.165, 1.54) is 6.20 Å². The first kappa shape index (κ1) is 23.4. The van der Waals surface area contributed by atoms with E-state index in [-0.39, 0.29) is 35.1 Å². The highest BCUT2D eigenvalue weighted by Crippen LogP contribution is 2.50. The molecule has 2 amide bonds. The largest absolute Gasteiger partial charge is 0.487 e. The molecule has 2 aliphatic heterocycles. The molecule has 1 spiro atoms. The topological polar surface area (TPSA) is 80.6 Å². The quantitative estimate of drug-likeness (QED) is 0.605. The van der Waals surface area contributed by atoms with Crippen LogP contribution >= 0.6 is 0 Å². The van der Waals surface area contributed by atoms with Crippen molar-refractivity contribution in [3.8, 4) is 5.75 Å². The Morgan fingerprint density at radius 2 is 1.97 bits per heavy atom. The van der Waals surface area contributed by atoms with Crippen LogP contribution in [0.15, 0.2) is 23.1 Å². The molecule has 1 saturated carbocycles. The van der Waals surface area contributed by atoms with Gasteiger partial charge in [0.1, 0.15) is 23.0 Å². The van der Waals surface area contributed by atoms with Crippen LogP contribution in [0.1, 0.15) is 65.4 Å². The number of carbonyl (C=O) groups excluding carboxylic acids is 2. The maximum Gasteiger partial charge on any atom is 0.275 e. The maximum atomic E-state index is 14.0. The Kier molecular flexibility index (Phi) is 5.85. The highest BCUT2D eigenvalue weighted by Gasteiger charge is 2.56. The summed E-state index contributed by atoms with van der Waals surface area (Å²) in [7, 11) is 0. The van der Waals surface area contributed by atoms with Gasteiger partial charge in [-0.05, 0) is 31.6 Å². The lowest BCUT2D eigenvalue weighted by Gasteiger charge is -2.44. The molecule has 2 atom stereocenters. The molecule has 2 bridgehead atoms. The Balaban J connectivity index is 1.50. The van der Waals surface area contributed by atoms with Crippen LogP contribution in [-0.4, -0.2) is 40.0 Å². The van der Waals surface area contributed by atoms with Gasteiger partial charge in [0.05, 0.1) is 12.1 Å². The lowest BCUT2D eigenvalue weighted by atomic mass is 9.93. The molecule has 2 fully saturated rings. The van der Waals surface area contributed by atoms with E-state index in [1.54, 1.807) is 4.57 Å². The molecule has 2 aromatic rings. The SMILES string of the molecule is CCCCOc1c2n(cc(C(=O)NCc3c(F)cc(F)cc3F)c1=O)C[C@]13CC[C@H](CN1C2=O)C3. The van der Waals surface area contributed by atoms with Crippen LogP contribution in [0, 0.1) is 23.4 Å². The molecule has 1 aromatic carbocycles. The van der Waals surface area contributed by atoms with Gasteiger partial charge >= 0.3 is 0 Å². The van der Waals surface area contributed by atoms with Gasteiger partial charge in [0.25, 0.3) is 11.8 Å². The van der Waals surface area contributed by atoms with E-state index in [9.17, 15) is 27.6 Å². The fraction of sp³-hybridized carbons (Fsp3) is 0.480. The molecule has 5 rings (SSSR count). The molecule has 1 aliphatic carbocycles. The molecular weight excluding hydrogens is 463 g/mol. The molecule has 0 unspecified atom stereocenters. The van der Waals surface area contributed by atoms with E-state index in [0.29, 0.717) is 37.6 Å². The Bertz CT molecular complexity index is 1250. The van der Waals surface area contributed by atoms with Crippen molar-refractivity contribution >= 4 is 11.8 Å². The number of benzene rings is 1. The van der Waals surface area contributed by atoms with Crippen molar-refractivity contribution in [1.82, 2.24) is 14.8 Å². The number of carbonyl (C=O) groups is 2. The maximum absolute atomic E-state index is 14.0. The van der Waals surface area contributed by atoms with Crippen molar-refractivity contribution in [2.75, 3.05) is 13.2 Å². The first-order valence-corrected chi connectivity index (χ1v) is 11.9. The second-order valence-electron chi connectivity index (χ2n) is 9.66. The van der Waals surface area contributed by atoms with E-state index in [4.69, 9.17) is 4.74 Å². The van der Waals surface area contributed by atoms with E-state index in [0.717, 1.165) is 25.7 Å². The van der Waals surface area contributed by atoms with Crippen LogP contribution < -0.4 is 15.5 Å². The normalized spacial score (nSPS) is 22.2. The number of hydrogen-bond acceptors (Lipinski definition) is 4. The van der Waals surface area contributed by atoms with Crippen molar-refractivity contribution in [3.05, 3.63) is 62.8 Å². The van der Waals surface area contributed by atoms with Crippen LogP contribution in [0.3, 0.4) is 0 Å². The number of nitrogens with zero attached hydrogens (tertiary/aromatic N) is 2. The number of halogens is 3. The second-order valence-corrected chi connectivity index (χ2v) is 9.66. The van der Waals surface area contributed by atoms with E-state index < -0.39 is 40.9 Å². The van der Waals surface area contributed by atoms with E-state index >= 15 is 0 Å². The second kappa shape index (κ2) is 8.73. The summed E-state index contributed by atoms with van der Waals surface area (Å²) in [6, 6.07) is 1.04. The zero-order valence-electron chi connectivity index (χ0n) is 19.3. The molecule has 1 aromatic heterocycles. The summed E-state index contributed by atoms with van der Waals surface area (Å²) >= 11 is 0. The molecular formula is C25H26F3N3O4. The fourth-order valence-electron chi connectivity index (χ4n) is 5.64. The van der Waals surface area contributed by atoms with Gasteiger partial charge in [-0.25, -0.2) is 13.2 Å². The fourth-order valence-corrected chi connectivity index (χ4v) is 5.64. The molecule has 3 aliphatic rings. The van der Waals surface area contributed by atoms with Gasteiger partial charge in [-0.15, -0.1) is 0 Å². The first-order valence-electron chi connectivity index (χ1n) is 11.9.